The minimum Gasteiger partial charge on any atom is -0.487 e. The first kappa shape index (κ1) is 18.3. The minimum atomic E-state index is -1.00. The van der Waals surface area contributed by atoms with E-state index in [9.17, 15) is 4.79 Å². The second-order valence-electron chi connectivity index (χ2n) is 4.91. The van der Waals surface area contributed by atoms with Crippen LogP contribution < -0.4 is 9.47 Å². The zero-order valence-electron chi connectivity index (χ0n) is 13.4. The molecule has 0 amide bonds. The van der Waals surface area contributed by atoms with E-state index in [1.54, 1.807) is 18.2 Å². The van der Waals surface area contributed by atoms with E-state index in [0.29, 0.717) is 69.9 Å². The summed E-state index contributed by atoms with van der Waals surface area (Å²) in [5.41, 5.74) is 0.711. The molecule has 0 aliphatic carbocycles. The molecule has 0 bridgehead atoms. The zero-order chi connectivity index (χ0) is 17.0. The number of hydrogen-bond donors (Lipinski definition) is 1. The molecular weight excluding hydrogens is 316 g/mol. The maximum atomic E-state index is 10.6. The van der Waals surface area contributed by atoms with Crippen molar-refractivity contribution in [3.8, 4) is 11.5 Å². The number of hydrogen-bond acceptors (Lipinski definition) is 6. The molecule has 7 nitrogen and oxygen atoms in total. The highest BCUT2D eigenvalue weighted by molar-refractivity contribution is 5.85. The Bertz CT molecular complexity index is 542. The molecule has 0 fully saturated rings. The van der Waals surface area contributed by atoms with Gasteiger partial charge in [0.25, 0.3) is 0 Å². The number of benzene rings is 1. The molecule has 1 aliphatic heterocycles. The Hall–Kier alpha value is -2.09. The molecular formula is C17H22O7. The van der Waals surface area contributed by atoms with Crippen molar-refractivity contribution in [3.05, 3.63) is 29.8 Å². The molecule has 0 aromatic heterocycles. The molecule has 1 N–H and O–H groups in total. The number of aliphatic carboxylic acids is 1. The van der Waals surface area contributed by atoms with Gasteiger partial charge in [-0.25, -0.2) is 4.79 Å². The summed E-state index contributed by atoms with van der Waals surface area (Å²) in [6.07, 6.45) is 2.57. The van der Waals surface area contributed by atoms with Crippen LogP contribution in [0, 0.1) is 0 Å². The average molecular weight is 338 g/mol. The van der Waals surface area contributed by atoms with Gasteiger partial charge in [-0.2, -0.15) is 0 Å². The van der Waals surface area contributed by atoms with E-state index in [-0.39, 0.29) is 0 Å². The van der Waals surface area contributed by atoms with Gasteiger partial charge in [0.15, 0.2) is 11.5 Å². The number of fused-ring (bicyclic) bond motifs is 1. The largest absolute Gasteiger partial charge is 0.487 e. The normalized spacial score (nSPS) is 17.8. The predicted octanol–water partition coefficient (Wildman–Crippen LogP) is 1.61. The van der Waals surface area contributed by atoms with Gasteiger partial charge < -0.3 is 28.8 Å². The second-order valence-corrected chi connectivity index (χ2v) is 4.91. The van der Waals surface area contributed by atoms with Gasteiger partial charge in [0.1, 0.15) is 13.2 Å². The summed E-state index contributed by atoms with van der Waals surface area (Å²) in [5.74, 6) is 0.116. The molecule has 0 saturated heterocycles. The second kappa shape index (κ2) is 10.6. The SMILES string of the molecule is O=C(O)/C=C/c1ccc2c(c1)OCCOCCOCCOCCO2. The van der Waals surface area contributed by atoms with Gasteiger partial charge in [-0.3, -0.25) is 0 Å². The molecule has 7 heteroatoms. The van der Waals surface area contributed by atoms with Crippen LogP contribution in [0.2, 0.25) is 0 Å². The van der Waals surface area contributed by atoms with Crippen molar-refractivity contribution in [2.45, 2.75) is 0 Å². The van der Waals surface area contributed by atoms with Crippen molar-refractivity contribution in [2.75, 3.05) is 52.9 Å². The maximum Gasteiger partial charge on any atom is 0.328 e. The van der Waals surface area contributed by atoms with Crippen molar-refractivity contribution in [1.29, 1.82) is 0 Å². The van der Waals surface area contributed by atoms with Crippen molar-refractivity contribution >= 4 is 12.0 Å². The Morgan fingerprint density at radius 1 is 0.833 bits per heavy atom. The first-order valence-corrected chi connectivity index (χ1v) is 7.79. The lowest BCUT2D eigenvalue weighted by Gasteiger charge is -2.13. The molecule has 132 valence electrons. The lowest BCUT2D eigenvalue weighted by atomic mass is 10.2. The molecule has 2 rings (SSSR count). The molecule has 1 aromatic rings. The topological polar surface area (TPSA) is 83.5 Å². The minimum absolute atomic E-state index is 0.360. The molecule has 1 aliphatic rings. The summed E-state index contributed by atoms with van der Waals surface area (Å²) in [4.78, 5) is 10.6. The number of carbonyl (C=O) groups is 1. The standard InChI is InChI=1S/C17H22O7/c18-17(19)4-2-14-1-3-15-16(13-14)24-12-10-22-8-6-20-5-7-21-9-11-23-15/h1-4,13H,5-12H2,(H,18,19)/b4-2+. The summed E-state index contributed by atoms with van der Waals surface area (Å²) in [5, 5.41) is 8.71. The number of rotatable bonds is 2. The highest BCUT2D eigenvalue weighted by Gasteiger charge is 2.07. The third kappa shape index (κ3) is 6.99. The van der Waals surface area contributed by atoms with E-state index >= 15 is 0 Å². The van der Waals surface area contributed by atoms with Crippen LogP contribution in [0.3, 0.4) is 0 Å². The predicted molar refractivity (Wildman–Crippen MR) is 86.6 cm³/mol. The summed E-state index contributed by atoms with van der Waals surface area (Å²) in [7, 11) is 0. The fourth-order valence-corrected chi connectivity index (χ4v) is 1.99. The maximum absolute atomic E-state index is 10.6. The van der Waals surface area contributed by atoms with Crippen LogP contribution in [0.5, 0.6) is 11.5 Å². The number of carboxylic acids is 1. The van der Waals surface area contributed by atoms with Gasteiger partial charge >= 0.3 is 5.97 Å². The van der Waals surface area contributed by atoms with E-state index in [4.69, 9.17) is 28.8 Å². The van der Waals surface area contributed by atoms with Crippen molar-refractivity contribution in [2.24, 2.45) is 0 Å². The smallest absolute Gasteiger partial charge is 0.328 e. The van der Waals surface area contributed by atoms with Gasteiger partial charge in [-0.15, -0.1) is 0 Å². The Kier molecular flexibility index (Phi) is 8.09. The van der Waals surface area contributed by atoms with E-state index in [1.807, 2.05) is 0 Å². The Balaban J connectivity index is 2.04. The average Bonchev–Trinajstić information content (AvgIpc) is 2.58. The molecule has 0 radical (unpaired) electrons. The highest BCUT2D eigenvalue weighted by Crippen LogP contribution is 2.29. The molecule has 0 unspecified atom stereocenters. The van der Waals surface area contributed by atoms with Gasteiger partial charge in [-0.1, -0.05) is 6.07 Å². The summed E-state index contributed by atoms with van der Waals surface area (Å²) in [6.45, 7) is 3.65. The van der Waals surface area contributed by atoms with Crippen molar-refractivity contribution in [3.63, 3.8) is 0 Å². The Morgan fingerprint density at radius 2 is 1.38 bits per heavy atom. The molecule has 24 heavy (non-hydrogen) atoms. The first-order chi connectivity index (χ1) is 11.8. The fraction of sp³-hybridized carbons (Fsp3) is 0.471. The Morgan fingerprint density at radius 3 is 1.96 bits per heavy atom. The van der Waals surface area contributed by atoms with Gasteiger partial charge in [0.2, 0.25) is 0 Å². The third-order valence-corrected chi connectivity index (χ3v) is 3.10. The third-order valence-electron chi connectivity index (χ3n) is 3.10. The van der Waals surface area contributed by atoms with Gasteiger partial charge in [0, 0.05) is 6.08 Å². The molecule has 0 saturated carbocycles. The van der Waals surface area contributed by atoms with E-state index in [2.05, 4.69) is 0 Å². The monoisotopic (exact) mass is 338 g/mol. The van der Waals surface area contributed by atoms with Crippen LogP contribution in [-0.2, 0) is 19.0 Å². The van der Waals surface area contributed by atoms with E-state index in [0.717, 1.165) is 6.08 Å². The zero-order valence-corrected chi connectivity index (χ0v) is 13.4. The number of ether oxygens (including phenoxy) is 5. The summed E-state index contributed by atoms with van der Waals surface area (Å²) < 4.78 is 27.5. The number of carboxylic acid groups (broad SMARTS) is 1. The van der Waals surface area contributed by atoms with Crippen LogP contribution in [0.25, 0.3) is 6.08 Å². The van der Waals surface area contributed by atoms with Gasteiger partial charge in [0.05, 0.1) is 39.6 Å². The molecule has 1 aromatic carbocycles. The fourth-order valence-electron chi connectivity index (χ4n) is 1.99. The van der Waals surface area contributed by atoms with Crippen LogP contribution in [0.4, 0.5) is 0 Å². The summed E-state index contributed by atoms with van der Waals surface area (Å²) in [6, 6.07) is 5.25. The lowest BCUT2D eigenvalue weighted by Crippen LogP contribution is -2.13. The Labute approximate surface area is 140 Å². The lowest BCUT2D eigenvalue weighted by molar-refractivity contribution is -0.131. The quantitative estimate of drug-likeness (QED) is 0.820. The van der Waals surface area contributed by atoms with Crippen LogP contribution >= 0.6 is 0 Å². The molecule has 1 heterocycles. The molecule has 0 atom stereocenters. The van der Waals surface area contributed by atoms with Crippen LogP contribution in [0.1, 0.15) is 5.56 Å². The highest BCUT2D eigenvalue weighted by atomic mass is 16.6. The van der Waals surface area contributed by atoms with Gasteiger partial charge in [-0.05, 0) is 23.8 Å². The van der Waals surface area contributed by atoms with Crippen molar-refractivity contribution < 1.29 is 33.6 Å². The van der Waals surface area contributed by atoms with E-state index < -0.39 is 5.97 Å². The van der Waals surface area contributed by atoms with Crippen molar-refractivity contribution in [1.82, 2.24) is 0 Å². The first-order valence-electron chi connectivity index (χ1n) is 7.79. The van der Waals surface area contributed by atoms with Crippen LogP contribution in [-0.4, -0.2) is 63.9 Å². The summed E-state index contributed by atoms with van der Waals surface area (Å²) >= 11 is 0. The van der Waals surface area contributed by atoms with E-state index in [1.165, 1.54) is 6.08 Å². The molecule has 0 spiro atoms. The van der Waals surface area contributed by atoms with Crippen LogP contribution in [0.15, 0.2) is 24.3 Å².